The molecule has 3 aromatic heterocycles. The lowest BCUT2D eigenvalue weighted by atomic mass is 10.1. The monoisotopic (exact) mass is 436 g/mol. The molecule has 1 unspecified atom stereocenters. The highest BCUT2D eigenvalue weighted by Gasteiger charge is 2.33. The minimum Gasteiger partial charge on any atom is -0.341 e. The van der Waals surface area contributed by atoms with Crippen LogP contribution in [0.25, 0.3) is 11.2 Å². The molecule has 30 heavy (non-hydrogen) atoms. The molecule has 1 aliphatic rings. The Morgan fingerprint density at radius 3 is 2.73 bits per heavy atom. The Bertz CT molecular complexity index is 1050. The third-order valence-corrected chi connectivity index (χ3v) is 6.33. The van der Waals surface area contributed by atoms with Gasteiger partial charge in [-0.3, -0.25) is 4.90 Å². The summed E-state index contributed by atoms with van der Waals surface area (Å²) in [6, 6.07) is 5.12. The Hall–Kier alpha value is -2.17. The topological polar surface area (TPSA) is 60.9 Å². The van der Waals surface area contributed by atoms with Crippen molar-refractivity contribution < 1.29 is 13.2 Å². The number of fused-ring (bicyclic) bond motifs is 1. The first-order chi connectivity index (χ1) is 14.2. The van der Waals surface area contributed by atoms with E-state index in [2.05, 4.69) is 42.1 Å². The predicted molar refractivity (Wildman–Crippen MR) is 111 cm³/mol. The van der Waals surface area contributed by atoms with Gasteiger partial charge in [0.05, 0.1) is 12.2 Å². The van der Waals surface area contributed by atoms with Gasteiger partial charge in [0.25, 0.3) is 0 Å². The Morgan fingerprint density at radius 2 is 1.97 bits per heavy atom. The second-order valence-electron chi connectivity index (χ2n) is 7.57. The van der Waals surface area contributed by atoms with Crippen LogP contribution in [-0.2, 0) is 11.9 Å². The summed E-state index contributed by atoms with van der Waals surface area (Å²) in [4.78, 5) is 17.9. The molecule has 1 atom stereocenters. The Labute approximate surface area is 177 Å². The van der Waals surface area contributed by atoms with E-state index in [4.69, 9.17) is 0 Å². The maximum absolute atomic E-state index is 13.0. The van der Waals surface area contributed by atoms with Crippen LogP contribution in [0.3, 0.4) is 0 Å². The number of rotatable bonds is 5. The second-order valence-corrected chi connectivity index (χ2v) is 8.63. The first kappa shape index (κ1) is 21.1. The molecule has 3 aromatic rings. The van der Waals surface area contributed by atoms with E-state index in [1.807, 2.05) is 13.1 Å². The molecule has 0 aromatic carbocycles. The molecule has 1 aliphatic heterocycles. The van der Waals surface area contributed by atoms with Crippen LogP contribution in [0.4, 0.5) is 13.2 Å². The molecule has 160 valence electrons. The highest BCUT2D eigenvalue weighted by atomic mass is 32.2. The number of aromatic nitrogens is 4. The average molecular weight is 437 g/mol. The van der Waals surface area contributed by atoms with Crippen LogP contribution < -0.4 is 0 Å². The first-order valence-electron chi connectivity index (χ1n) is 9.68. The van der Waals surface area contributed by atoms with Crippen LogP contribution in [-0.4, -0.2) is 48.9 Å². The van der Waals surface area contributed by atoms with Crippen molar-refractivity contribution in [2.75, 3.05) is 19.8 Å². The van der Waals surface area contributed by atoms with Gasteiger partial charge in [0, 0.05) is 36.8 Å². The fourth-order valence-electron chi connectivity index (χ4n) is 3.62. The van der Waals surface area contributed by atoms with Gasteiger partial charge in [-0.15, -0.1) is 0 Å². The molecule has 4 rings (SSSR count). The van der Waals surface area contributed by atoms with Crippen molar-refractivity contribution in [1.29, 1.82) is 0 Å². The van der Waals surface area contributed by atoms with Crippen LogP contribution in [0.15, 0.2) is 24.4 Å². The van der Waals surface area contributed by atoms with Gasteiger partial charge >= 0.3 is 6.18 Å². The van der Waals surface area contributed by atoms with Crippen LogP contribution in [0.2, 0.25) is 0 Å². The minimum absolute atomic E-state index is 0.177. The van der Waals surface area contributed by atoms with Crippen LogP contribution in [0.1, 0.15) is 41.3 Å². The summed E-state index contributed by atoms with van der Waals surface area (Å²) in [5.74, 6) is 1.32. The van der Waals surface area contributed by atoms with Gasteiger partial charge in [-0.25, -0.2) is 19.3 Å². The third-order valence-electron chi connectivity index (χ3n) is 5.20. The molecule has 1 fully saturated rings. The van der Waals surface area contributed by atoms with Crippen molar-refractivity contribution in [1.82, 2.24) is 29.1 Å². The van der Waals surface area contributed by atoms with Gasteiger partial charge in [0.15, 0.2) is 5.65 Å². The number of aromatic amines is 1. The lowest BCUT2D eigenvalue weighted by molar-refractivity contribution is -0.141. The molecule has 1 saturated heterocycles. The van der Waals surface area contributed by atoms with E-state index in [9.17, 15) is 13.2 Å². The number of halogens is 3. The van der Waals surface area contributed by atoms with Crippen LogP contribution in [0.5, 0.6) is 0 Å². The number of nitrogens with zero attached hydrogens (tertiary/aromatic N) is 5. The lowest BCUT2D eigenvalue weighted by Crippen LogP contribution is -2.25. The number of nitrogens with one attached hydrogen (secondary N) is 1. The number of hydrogen-bond donors (Lipinski definition) is 1. The Balaban J connectivity index is 1.38. The molecule has 0 saturated carbocycles. The molecular weight excluding hydrogens is 413 g/mol. The summed E-state index contributed by atoms with van der Waals surface area (Å²) < 4.78 is 41.2. The van der Waals surface area contributed by atoms with Crippen LogP contribution >= 0.6 is 11.9 Å². The van der Waals surface area contributed by atoms with E-state index >= 15 is 0 Å². The third kappa shape index (κ3) is 4.60. The van der Waals surface area contributed by atoms with E-state index in [1.54, 1.807) is 24.9 Å². The quantitative estimate of drug-likeness (QED) is 0.596. The van der Waals surface area contributed by atoms with Crippen molar-refractivity contribution in [3.05, 3.63) is 52.7 Å². The summed E-state index contributed by atoms with van der Waals surface area (Å²) in [5, 5.41) is 0. The summed E-state index contributed by atoms with van der Waals surface area (Å²) in [6.07, 6.45) is -2.56. The van der Waals surface area contributed by atoms with E-state index in [1.165, 1.54) is 0 Å². The average Bonchev–Trinajstić information content (AvgIpc) is 3.29. The minimum atomic E-state index is -4.42. The van der Waals surface area contributed by atoms with E-state index < -0.39 is 11.9 Å². The second kappa shape index (κ2) is 8.16. The number of aryl methyl sites for hydroxylation is 2. The number of pyridine rings is 2. The fourth-order valence-corrected chi connectivity index (χ4v) is 4.55. The highest BCUT2D eigenvalue weighted by Crippen LogP contribution is 2.31. The van der Waals surface area contributed by atoms with Crippen molar-refractivity contribution in [2.45, 2.75) is 38.7 Å². The largest absolute Gasteiger partial charge is 0.433 e. The summed E-state index contributed by atoms with van der Waals surface area (Å²) >= 11 is 1.55. The van der Waals surface area contributed by atoms with Crippen LogP contribution in [0, 0.1) is 13.8 Å². The number of H-pyrrole nitrogens is 1. The maximum atomic E-state index is 13.0. The van der Waals surface area contributed by atoms with Crippen molar-refractivity contribution >= 4 is 23.1 Å². The first-order valence-corrected chi connectivity index (χ1v) is 10.6. The van der Waals surface area contributed by atoms with E-state index in [0.29, 0.717) is 22.7 Å². The van der Waals surface area contributed by atoms with Gasteiger partial charge in [-0.1, -0.05) is 11.9 Å². The van der Waals surface area contributed by atoms with Gasteiger partial charge in [-0.2, -0.15) is 13.2 Å². The molecule has 0 bridgehead atoms. The SMILES string of the molecule is Cc1cc(CSN2CCN(C(C)c3cnc4nc(C)[nH]c4c3)C2)cc(C(F)(F)F)n1. The number of imidazole rings is 1. The number of hydrogen-bond acceptors (Lipinski definition) is 6. The molecule has 0 aliphatic carbocycles. The lowest BCUT2D eigenvalue weighted by Gasteiger charge is -2.24. The van der Waals surface area contributed by atoms with E-state index in [0.717, 1.165) is 42.7 Å². The molecule has 1 N–H and O–H groups in total. The molecule has 0 amide bonds. The highest BCUT2D eigenvalue weighted by molar-refractivity contribution is 7.96. The summed E-state index contributed by atoms with van der Waals surface area (Å²) in [5.41, 5.74) is 2.94. The zero-order valence-electron chi connectivity index (χ0n) is 17.0. The predicted octanol–water partition coefficient (Wildman–Crippen LogP) is 4.47. The van der Waals surface area contributed by atoms with Crippen molar-refractivity contribution in [3.63, 3.8) is 0 Å². The van der Waals surface area contributed by atoms with Gasteiger partial charge in [0.1, 0.15) is 11.5 Å². The number of alkyl halides is 3. The van der Waals surface area contributed by atoms with Gasteiger partial charge < -0.3 is 4.98 Å². The van der Waals surface area contributed by atoms with E-state index in [-0.39, 0.29) is 6.04 Å². The molecule has 6 nitrogen and oxygen atoms in total. The smallest absolute Gasteiger partial charge is 0.341 e. The Kier molecular flexibility index (Phi) is 5.73. The maximum Gasteiger partial charge on any atom is 0.433 e. The van der Waals surface area contributed by atoms with Gasteiger partial charge in [-0.05, 0) is 50.1 Å². The summed E-state index contributed by atoms with van der Waals surface area (Å²) in [6.45, 7) is 8.11. The van der Waals surface area contributed by atoms with Gasteiger partial charge in [0.2, 0.25) is 0 Å². The normalized spacial score (nSPS) is 17.1. The molecule has 0 radical (unpaired) electrons. The molecule has 4 heterocycles. The fraction of sp³-hybridized carbons (Fsp3) is 0.450. The standard InChI is InChI=1S/C20H23F3N6S/c1-12-6-15(7-18(25-12)20(21,22)23)10-30-29-5-4-28(11-29)13(2)16-8-17-19(24-9-16)27-14(3)26-17/h6-9,13H,4-5,10-11H2,1-3H3,(H,24,26,27). The summed E-state index contributed by atoms with van der Waals surface area (Å²) in [7, 11) is 0. The molecule has 10 heteroatoms. The zero-order chi connectivity index (χ0) is 21.5. The molecular formula is C20H23F3N6S. The van der Waals surface area contributed by atoms with Crippen molar-refractivity contribution in [2.24, 2.45) is 0 Å². The van der Waals surface area contributed by atoms with Crippen molar-refractivity contribution in [3.8, 4) is 0 Å². The zero-order valence-corrected chi connectivity index (χ0v) is 17.8. The molecule has 0 spiro atoms. The Morgan fingerprint density at radius 1 is 1.17 bits per heavy atom.